The van der Waals surface area contributed by atoms with E-state index in [-0.39, 0.29) is 11.9 Å². The standard InChI is InChI=1S/C21H34N4O2/c1-4-10-24(11-5-2)17(3)21(27)25-14-12-23(13-15-25)16-18-6-8-19(9-7-18)20(22)26/h6-9,17H,4-5,10-16H2,1-3H3,(H2,22,26). The lowest BCUT2D eigenvalue weighted by Crippen LogP contribution is -2.54. The SMILES string of the molecule is CCCN(CCC)C(C)C(=O)N1CCN(Cc2ccc(C(N)=O)cc2)CC1. The van der Waals surface area contributed by atoms with Crippen LogP contribution in [0.15, 0.2) is 24.3 Å². The predicted molar refractivity (Wildman–Crippen MR) is 108 cm³/mol. The van der Waals surface area contributed by atoms with Gasteiger partial charge in [-0.25, -0.2) is 0 Å². The molecule has 2 amide bonds. The summed E-state index contributed by atoms with van der Waals surface area (Å²) in [5.41, 5.74) is 6.98. The van der Waals surface area contributed by atoms with Crippen LogP contribution in [0.25, 0.3) is 0 Å². The molecule has 6 nitrogen and oxygen atoms in total. The first-order valence-electron chi connectivity index (χ1n) is 10.1. The van der Waals surface area contributed by atoms with Crippen molar-refractivity contribution in [1.82, 2.24) is 14.7 Å². The number of carbonyl (C=O) groups excluding carboxylic acids is 2. The molecule has 1 fully saturated rings. The van der Waals surface area contributed by atoms with Crippen LogP contribution in [0.4, 0.5) is 0 Å². The Morgan fingerprint density at radius 1 is 1.04 bits per heavy atom. The number of primary amides is 1. The minimum absolute atomic E-state index is 0.0437. The van der Waals surface area contributed by atoms with Crippen LogP contribution in [-0.2, 0) is 11.3 Å². The number of piperazine rings is 1. The van der Waals surface area contributed by atoms with Crippen LogP contribution in [0.1, 0.15) is 49.5 Å². The lowest BCUT2D eigenvalue weighted by Gasteiger charge is -2.38. The lowest BCUT2D eigenvalue weighted by atomic mass is 10.1. The number of benzene rings is 1. The lowest BCUT2D eigenvalue weighted by molar-refractivity contribution is -0.138. The Balaban J connectivity index is 1.84. The van der Waals surface area contributed by atoms with Crippen LogP contribution in [0, 0.1) is 0 Å². The monoisotopic (exact) mass is 374 g/mol. The summed E-state index contributed by atoms with van der Waals surface area (Å²) in [5.74, 6) is -0.148. The van der Waals surface area contributed by atoms with Crippen molar-refractivity contribution in [2.45, 2.75) is 46.2 Å². The molecule has 1 unspecified atom stereocenters. The highest BCUT2D eigenvalue weighted by Crippen LogP contribution is 2.13. The van der Waals surface area contributed by atoms with Gasteiger partial charge in [0, 0.05) is 38.3 Å². The summed E-state index contributed by atoms with van der Waals surface area (Å²) in [4.78, 5) is 30.7. The molecule has 1 aliphatic rings. The molecule has 2 rings (SSSR count). The van der Waals surface area contributed by atoms with Crippen molar-refractivity contribution < 1.29 is 9.59 Å². The number of carbonyl (C=O) groups is 2. The molecule has 0 aromatic heterocycles. The van der Waals surface area contributed by atoms with Crippen molar-refractivity contribution in [2.75, 3.05) is 39.3 Å². The van der Waals surface area contributed by atoms with Gasteiger partial charge in [-0.3, -0.25) is 19.4 Å². The minimum Gasteiger partial charge on any atom is -0.366 e. The van der Waals surface area contributed by atoms with Gasteiger partial charge in [-0.05, 0) is 50.6 Å². The number of amides is 2. The summed E-state index contributed by atoms with van der Waals surface area (Å²) in [6.07, 6.45) is 2.14. The van der Waals surface area contributed by atoms with Gasteiger partial charge in [-0.15, -0.1) is 0 Å². The molecule has 1 heterocycles. The van der Waals surface area contributed by atoms with E-state index in [0.29, 0.717) is 5.56 Å². The fourth-order valence-corrected chi connectivity index (χ4v) is 3.65. The van der Waals surface area contributed by atoms with Gasteiger partial charge in [-0.1, -0.05) is 26.0 Å². The number of hydrogen-bond acceptors (Lipinski definition) is 4. The van der Waals surface area contributed by atoms with E-state index in [9.17, 15) is 9.59 Å². The van der Waals surface area contributed by atoms with Gasteiger partial charge in [0.25, 0.3) is 0 Å². The first kappa shape index (κ1) is 21.4. The molecule has 150 valence electrons. The second-order valence-corrected chi connectivity index (χ2v) is 7.37. The van der Waals surface area contributed by atoms with Gasteiger partial charge in [0.05, 0.1) is 6.04 Å². The highest BCUT2D eigenvalue weighted by molar-refractivity contribution is 5.92. The van der Waals surface area contributed by atoms with E-state index in [0.717, 1.165) is 64.2 Å². The third-order valence-electron chi connectivity index (χ3n) is 5.26. The van der Waals surface area contributed by atoms with E-state index >= 15 is 0 Å². The molecular formula is C21H34N4O2. The normalized spacial score (nSPS) is 16.5. The molecule has 1 aromatic rings. The molecule has 6 heteroatoms. The van der Waals surface area contributed by atoms with Gasteiger partial charge in [-0.2, -0.15) is 0 Å². The molecule has 27 heavy (non-hydrogen) atoms. The Morgan fingerprint density at radius 2 is 1.59 bits per heavy atom. The van der Waals surface area contributed by atoms with Gasteiger partial charge >= 0.3 is 0 Å². The molecule has 1 aliphatic heterocycles. The molecule has 1 saturated heterocycles. The van der Waals surface area contributed by atoms with Crippen molar-refractivity contribution in [3.8, 4) is 0 Å². The van der Waals surface area contributed by atoms with Crippen LogP contribution in [0.3, 0.4) is 0 Å². The van der Waals surface area contributed by atoms with Gasteiger partial charge in [0.1, 0.15) is 0 Å². The van der Waals surface area contributed by atoms with Crippen molar-refractivity contribution in [1.29, 1.82) is 0 Å². The van der Waals surface area contributed by atoms with Crippen molar-refractivity contribution in [3.05, 3.63) is 35.4 Å². The molecule has 1 atom stereocenters. The Bertz CT molecular complexity index is 603. The van der Waals surface area contributed by atoms with E-state index in [1.165, 1.54) is 0 Å². The van der Waals surface area contributed by atoms with Gasteiger partial charge in [0.2, 0.25) is 11.8 Å². The summed E-state index contributed by atoms with van der Waals surface area (Å²) in [6.45, 7) is 12.4. The van der Waals surface area contributed by atoms with Crippen molar-refractivity contribution >= 4 is 11.8 Å². The Labute approximate surface area is 163 Å². The Morgan fingerprint density at radius 3 is 2.07 bits per heavy atom. The fraction of sp³-hybridized carbons (Fsp3) is 0.619. The van der Waals surface area contributed by atoms with Gasteiger partial charge in [0.15, 0.2) is 0 Å². The van der Waals surface area contributed by atoms with Crippen LogP contribution < -0.4 is 5.73 Å². The maximum absolute atomic E-state index is 12.9. The van der Waals surface area contributed by atoms with E-state index in [1.807, 2.05) is 24.0 Å². The second-order valence-electron chi connectivity index (χ2n) is 7.37. The average Bonchev–Trinajstić information content (AvgIpc) is 2.67. The highest BCUT2D eigenvalue weighted by Gasteiger charge is 2.27. The number of nitrogens with two attached hydrogens (primary N) is 1. The van der Waals surface area contributed by atoms with E-state index < -0.39 is 5.91 Å². The predicted octanol–water partition coefficient (Wildman–Crippen LogP) is 1.94. The quantitative estimate of drug-likeness (QED) is 0.717. The summed E-state index contributed by atoms with van der Waals surface area (Å²) in [6, 6.07) is 7.41. The molecule has 0 spiro atoms. The zero-order valence-corrected chi connectivity index (χ0v) is 17.0. The summed E-state index contributed by atoms with van der Waals surface area (Å²) < 4.78 is 0. The molecule has 1 aromatic carbocycles. The number of rotatable bonds is 9. The fourth-order valence-electron chi connectivity index (χ4n) is 3.65. The van der Waals surface area contributed by atoms with Crippen molar-refractivity contribution in [2.24, 2.45) is 5.73 Å². The molecule has 0 aliphatic carbocycles. The Hall–Kier alpha value is -1.92. The second kappa shape index (κ2) is 10.4. The molecule has 0 saturated carbocycles. The third kappa shape index (κ3) is 6.04. The first-order chi connectivity index (χ1) is 13.0. The topological polar surface area (TPSA) is 69.9 Å². The highest BCUT2D eigenvalue weighted by atomic mass is 16.2. The maximum atomic E-state index is 12.9. The summed E-state index contributed by atoms with van der Waals surface area (Å²) in [7, 11) is 0. The third-order valence-corrected chi connectivity index (χ3v) is 5.26. The number of nitrogens with zero attached hydrogens (tertiary/aromatic N) is 3. The zero-order valence-electron chi connectivity index (χ0n) is 17.0. The molecule has 0 bridgehead atoms. The first-order valence-corrected chi connectivity index (χ1v) is 10.1. The molecular weight excluding hydrogens is 340 g/mol. The maximum Gasteiger partial charge on any atom is 0.248 e. The largest absolute Gasteiger partial charge is 0.366 e. The minimum atomic E-state index is -0.400. The molecule has 2 N–H and O–H groups in total. The average molecular weight is 375 g/mol. The van der Waals surface area contributed by atoms with Crippen LogP contribution >= 0.6 is 0 Å². The summed E-state index contributed by atoms with van der Waals surface area (Å²) >= 11 is 0. The van der Waals surface area contributed by atoms with Crippen molar-refractivity contribution in [3.63, 3.8) is 0 Å². The molecule has 0 radical (unpaired) electrons. The Kier molecular flexibility index (Phi) is 8.25. The number of hydrogen-bond donors (Lipinski definition) is 1. The van der Waals surface area contributed by atoms with Crippen LogP contribution in [-0.4, -0.2) is 71.8 Å². The van der Waals surface area contributed by atoms with Gasteiger partial charge < -0.3 is 10.6 Å². The van der Waals surface area contributed by atoms with E-state index in [1.54, 1.807) is 12.1 Å². The smallest absolute Gasteiger partial charge is 0.248 e. The van der Waals surface area contributed by atoms with E-state index in [2.05, 4.69) is 23.6 Å². The van der Waals surface area contributed by atoms with E-state index in [4.69, 9.17) is 5.73 Å². The van der Waals surface area contributed by atoms with Crippen LogP contribution in [0.5, 0.6) is 0 Å². The van der Waals surface area contributed by atoms with Crippen LogP contribution in [0.2, 0.25) is 0 Å². The zero-order chi connectivity index (χ0) is 19.8. The summed E-state index contributed by atoms with van der Waals surface area (Å²) in [5, 5.41) is 0.